The Labute approximate surface area is 217 Å². The molecule has 0 radical (unpaired) electrons. The molecule has 0 aromatic carbocycles. The summed E-state index contributed by atoms with van der Waals surface area (Å²) in [7, 11) is 0.978. The average Bonchev–Trinajstić information content (AvgIpc) is 2.75. The van der Waals surface area contributed by atoms with Crippen molar-refractivity contribution >= 4 is 7.60 Å². The number of unbranched alkanes of at least 4 members (excludes halogenated alkanes) is 15. The van der Waals surface area contributed by atoms with Crippen molar-refractivity contribution < 1.29 is 23.9 Å². The van der Waals surface area contributed by atoms with Gasteiger partial charge in [0.1, 0.15) is 6.54 Å². The minimum atomic E-state index is -4.55. The first-order valence-corrected chi connectivity index (χ1v) is 16.0. The van der Waals surface area contributed by atoms with E-state index in [1.807, 2.05) is 21.1 Å². The highest BCUT2D eigenvalue weighted by Crippen LogP contribution is 2.52. The zero-order valence-electron chi connectivity index (χ0n) is 23.6. The van der Waals surface area contributed by atoms with Crippen LogP contribution in [0.2, 0.25) is 0 Å². The number of aliphatic hydroxyl groups is 1. The van der Waals surface area contributed by atoms with E-state index in [4.69, 9.17) is 0 Å². The Bertz CT molecular complexity index is 594. The van der Waals surface area contributed by atoms with Crippen LogP contribution in [0.25, 0.3) is 0 Å². The van der Waals surface area contributed by atoms with Gasteiger partial charge in [0.2, 0.25) is 5.34 Å². The molecule has 35 heavy (non-hydrogen) atoms. The SMILES string of the molecule is CC/C=C\CCCCCC/C=C\CCCCCCCCCCCCC(O)(C[N+](C)(C)C)P(=O)(O)O. The summed E-state index contributed by atoms with van der Waals surface area (Å²) in [5.41, 5.74) is 0. The topological polar surface area (TPSA) is 77.8 Å². The molecule has 6 heteroatoms. The molecule has 208 valence electrons. The summed E-state index contributed by atoms with van der Waals surface area (Å²) in [5.74, 6) is 0. The number of rotatable bonds is 24. The first-order valence-electron chi connectivity index (χ1n) is 14.4. The molecule has 0 aliphatic carbocycles. The Morgan fingerprint density at radius 3 is 1.31 bits per heavy atom. The van der Waals surface area contributed by atoms with Gasteiger partial charge in [0.25, 0.3) is 0 Å². The molecular formula is C29H59NO4P+. The molecule has 0 fully saturated rings. The van der Waals surface area contributed by atoms with Gasteiger partial charge in [0, 0.05) is 0 Å². The molecule has 1 unspecified atom stereocenters. The number of quaternary nitrogens is 1. The van der Waals surface area contributed by atoms with E-state index in [0.29, 0.717) is 10.9 Å². The Balaban J connectivity index is 3.53. The third-order valence-corrected chi connectivity index (χ3v) is 7.98. The summed E-state index contributed by atoms with van der Waals surface area (Å²) in [4.78, 5) is 19.2. The van der Waals surface area contributed by atoms with Gasteiger partial charge in [-0.05, 0) is 57.8 Å². The van der Waals surface area contributed by atoms with Crippen molar-refractivity contribution in [1.82, 2.24) is 0 Å². The van der Waals surface area contributed by atoms with Crippen LogP contribution < -0.4 is 0 Å². The van der Waals surface area contributed by atoms with Crippen molar-refractivity contribution in [2.24, 2.45) is 0 Å². The van der Waals surface area contributed by atoms with Gasteiger partial charge in [0.15, 0.2) is 0 Å². The molecular weight excluding hydrogens is 457 g/mol. The summed E-state index contributed by atoms with van der Waals surface area (Å²) < 4.78 is 12.1. The smallest absolute Gasteiger partial charge is 0.362 e. The van der Waals surface area contributed by atoms with Crippen molar-refractivity contribution in [3.8, 4) is 0 Å². The number of likely N-dealkylation sites (N-methyl/N-ethyl adjacent to an activating group) is 1. The lowest BCUT2D eigenvalue weighted by Gasteiger charge is -2.35. The Hall–Kier alpha value is -0.450. The van der Waals surface area contributed by atoms with Crippen LogP contribution in [0.3, 0.4) is 0 Å². The van der Waals surface area contributed by atoms with Crippen LogP contribution in [0, 0.1) is 0 Å². The quantitative estimate of drug-likeness (QED) is 0.0524. The van der Waals surface area contributed by atoms with Crippen LogP contribution in [0.15, 0.2) is 24.3 Å². The standard InChI is InChI=1S/C29H58NO4P/c1-5-6-7-8-9-10-11-12-13-14-15-16-17-18-19-20-21-22-23-24-25-26-27-29(31,35(32,33)34)28-30(2,3)4/h6-7,14-15,31H,5,8-13,16-28H2,1-4H3,(H-,32,33,34)/p+1/b7-6-,15-14-. The predicted molar refractivity (Wildman–Crippen MR) is 152 cm³/mol. The van der Waals surface area contributed by atoms with Crippen molar-refractivity contribution in [3.63, 3.8) is 0 Å². The van der Waals surface area contributed by atoms with E-state index in [-0.39, 0.29) is 13.0 Å². The first-order chi connectivity index (χ1) is 16.5. The second-order valence-corrected chi connectivity index (χ2v) is 13.3. The zero-order chi connectivity index (χ0) is 26.5. The second kappa shape index (κ2) is 20.6. The number of hydrogen-bond acceptors (Lipinski definition) is 2. The van der Waals surface area contributed by atoms with Crippen LogP contribution >= 0.6 is 7.60 Å². The van der Waals surface area contributed by atoms with E-state index in [1.54, 1.807) is 0 Å². The molecule has 0 bridgehead atoms. The van der Waals surface area contributed by atoms with Crippen molar-refractivity contribution in [1.29, 1.82) is 0 Å². The third kappa shape index (κ3) is 21.4. The van der Waals surface area contributed by atoms with E-state index in [0.717, 1.165) is 19.3 Å². The van der Waals surface area contributed by atoms with Gasteiger partial charge < -0.3 is 19.4 Å². The van der Waals surface area contributed by atoms with Gasteiger partial charge in [-0.25, -0.2) is 0 Å². The first kappa shape index (κ1) is 34.6. The highest BCUT2D eigenvalue weighted by Gasteiger charge is 2.48. The van der Waals surface area contributed by atoms with Crippen LogP contribution in [0.5, 0.6) is 0 Å². The Morgan fingerprint density at radius 1 is 0.629 bits per heavy atom. The Morgan fingerprint density at radius 2 is 0.971 bits per heavy atom. The number of allylic oxidation sites excluding steroid dienone is 4. The molecule has 0 aliphatic rings. The fourth-order valence-electron chi connectivity index (χ4n) is 4.56. The summed E-state index contributed by atoms with van der Waals surface area (Å²) >= 11 is 0. The molecule has 0 aliphatic heterocycles. The molecule has 3 N–H and O–H groups in total. The predicted octanol–water partition coefficient (Wildman–Crippen LogP) is 8.10. The molecule has 0 saturated carbocycles. The maximum absolute atomic E-state index is 11.8. The second-order valence-electron chi connectivity index (χ2n) is 11.4. The molecule has 0 saturated heterocycles. The number of hydrogen-bond donors (Lipinski definition) is 3. The average molecular weight is 517 g/mol. The highest BCUT2D eigenvalue weighted by atomic mass is 31.2. The van der Waals surface area contributed by atoms with E-state index in [9.17, 15) is 19.5 Å². The minimum Gasteiger partial charge on any atom is -0.373 e. The lowest BCUT2D eigenvalue weighted by Crippen LogP contribution is -2.49. The van der Waals surface area contributed by atoms with Gasteiger partial charge in [-0.1, -0.05) is 95.4 Å². The van der Waals surface area contributed by atoms with Gasteiger partial charge in [-0.3, -0.25) is 4.57 Å². The third-order valence-electron chi connectivity index (χ3n) is 6.53. The summed E-state index contributed by atoms with van der Waals surface area (Å²) in [5, 5.41) is 8.65. The molecule has 0 aromatic rings. The molecule has 5 nitrogen and oxygen atoms in total. The fourth-order valence-corrected chi connectivity index (χ4v) is 5.62. The van der Waals surface area contributed by atoms with Crippen LogP contribution in [-0.2, 0) is 4.57 Å². The molecule has 0 amide bonds. The van der Waals surface area contributed by atoms with E-state index in [1.165, 1.54) is 89.9 Å². The van der Waals surface area contributed by atoms with Crippen molar-refractivity contribution in [2.45, 2.75) is 134 Å². The fraction of sp³-hybridized carbons (Fsp3) is 0.862. The monoisotopic (exact) mass is 516 g/mol. The van der Waals surface area contributed by atoms with Crippen molar-refractivity contribution in [2.75, 3.05) is 27.7 Å². The van der Waals surface area contributed by atoms with Gasteiger partial charge >= 0.3 is 7.60 Å². The molecule has 0 aromatic heterocycles. The van der Waals surface area contributed by atoms with E-state index in [2.05, 4.69) is 31.2 Å². The Kier molecular flexibility index (Phi) is 20.3. The summed E-state index contributed by atoms with van der Waals surface area (Å²) in [6, 6.07) is 0. The lowest BCUT2D eigenvalue weighted by atomic mass is 10.0. The summed E-state index contributed by atoms with van der Waals surface area (Å²) in [6.07, 6.45) is 31.3. The van der Waals surface area contributed by atoms with Crippen LogP contribution in [0.4, 0.5) is 0 Å². The highest BCUT2D eigenvalue weighted by molar-refractivity contribution is 7.53. The molecule has 1 atom stereocenters. The molecule has 0 rings (SSSR count). The number of nitrogens with zero attached hydrogens (tertiary/aromatic N) is 1. The van der Waals surface area contributed by atoms with Gasteiger partial charge in [0.05, 0.1) is 21.1 Å². The van der Waals surface area contributed by atoms with Crippen molar-refractivity contribution in [3.05, 3.63) is 24.3 Å². The summed E-state index contributed by atoms with van der Waals surface area (Å²) in [6.45, 7) is 2.25. The molecule has 0 heterocycles. The minimum absolute atomic E-state index is 0.0600. The van der Waals surface area contributed by atoms with Gasteiger partial charge in [-0.2, -0.15) is 0 Å². The van der Waals surface area contributed by atoms with Crippen LogP contribution in [-0.4, -0.2) is 52.4 Å². The van der Waals surface area contributed by atoms with Crippen LogP contribution in [0.1, 0.15) is 129 Å². The largest absolute Gasteiger partial charge is 0.373 e. The van der Waals surface area contributed by atoms with E-state index < -0.39 is 12.9 Å². The van der Waals surface area contributed by atoms with Gasteiger partial charge in [-0.15, -0.1) is 0 Å². The van der Waals surface area contributed by atoms with E-state index >= 15 is 0 Å². The molecule has 0 spiro atoms. The maximum atomic E-state index is 11.8. The lowest BCUT2D eigenvalue weighted by molar-refractivity contribution is -0.875. The normalized spacial score (nSPS) is 14.8. The zero-order valence-corrected chi connectivity index (χ0v) is 24.5. The maximum Gasteiger partial charge on any atom is 0.362 e.